The second-order valence-corrected chi connectivity index (χ2v) is 5.87. The molecule has 1 aromatic rings. The number of hydrazine groups is 1. The molecule has 2 heterocycles. The molecule has 0 spiro atoms. The lowest BCUT2D eigenvalue weighted by Gasteiger charge is -2.23. The molecule has 1 fully saturated rings. The van der Waals surface area contributed by atoms with Crippen molar-refractivity contribution in [3.05, 3.63) is 12.4 Å². The Morgan fingerprint density at radius 1 is 1.50 bits per heavy atom. The van der Waals surface area contributed by atoms with Crippen molar-refractivity contribution in [3.8, 4) is 0 Å². The number of nitrogens with two attached hydrogens (primary N) is 1. The fourth-order valence-electron chi connectivity index (χ4n) is 1.79. The van der Waals surface area contributed by atoms with E-state index in [0.717, 1.165) is 12.4 Å². The Bertz CT molecular complexity index is 351. The number of nitrogens with zero attached hydrogens (tertiary/aromatic N) is 2. The summed E-state index contributed by atoms with van der Waals surface area (Å²) < 4.78 is 0.335. The highest BCUT2D eigenvalue weighted by atomic mass is 32.2. The number of nitrogen functional groups attached to an aromatic ring is 1. The van der Waals surface area contributed by atoms with Gasteiger partial charge in [0.05, 0.1) is 0 Å². The fraction of sp³-hybridized carbons (Fsp3) is 0.600. The molecule has 2 rings (SSSR count). The molecule has 0 amide bonds. The van der Waals surface area contributed by atoms with Crippen LogP contribution in [-0.4, -0.2) is 27.0 Å². The Hall–Kier alpha value is -1.01. The fourth-order valence-corrected chi connectivity index (χ4v) is 3.03. The molecule has 0 radical (unpaired) electrons. The molecule has 0 aromatic carbocycles. The van der Waals surface area contributed by atoms with Crippen LogP contribution in [0.3, 0.4) is 0 Å². The lowest BCUT2D eigenvalue weighted by molar-refractivity contribution is 0.633. The molecule has 5 nitrogen and oxygen atoms in total. The molecule has 1 atom stereocenters. The first kappa shape index (κ1) is 11.5. The minimum atomic E-state index is 0.335. The van der Waals surface area contributed by atoms with Crippen molar-refractivity contribution in [2.75, 3.05) is 23.0 Å². The van der Waals surface area contributed by atoms with E-state index in [1.54, 1.807) is 0 Å². The predicted molar refractivity (Wildman–Crippen MR) is 68.4 cm³/mol. The molecule has 6 heteroatoms. The maximum absolute atomic E-state index is 5.29. The quantitative estimate of drug-likeness (QED) is 0.545. The van der Waals surface area contributed by atoms with E-state index in [4.69, 9.17) is 5.84 Å². The first-order valence-electron chi connectivity index (χ1n) is 5.38. The second-order valence-electron chi connectivity index (χ2n) is 4.19. The van der Waals surface area contributed by atoms with Crippen molar-refractivity contribution in [1.29, 1.82) is 0 Å². The Labute approximate surface area is 99.6 Å². The zero-order chi connectivity index (χ0) is 11.4. The lowest BCUT2D eigenvalue weighted by Crippen LogP contribution is -2.27. The van der Waals surface area contributed by atoms with Crippen molar-refractivity contribution >= 4 is 23.4 Å². The molecular weight excluding hydrogens is 222 g/mol. The maximum Gasteiger partial charge on any atom is 0.145 e. The Morgan fingerprint density at radius 2 is 2.31 bits per heavy atom. The number of nitrogens with one attached hydrogen (secondary N) is 2. The highest BCUT2D eigenvalue weighted by Crippen LogP contribution is 2.37. The lowest BCUT2D eigenvalue weighted by atomic mass is 10.1. The van der Waals surface area contributed by atoms with Crippen LogP contribution in [0.15, 0.2) is 12.4 Å². The van der Waals surface area contributed by atoms with Crippen molar-refractivity contribution in [2.45, 2.75) is 24.5 Å². The van der Waals surface area contributed by atoms with Crippen LogP contribution in [0.2, 0.25) is 0 Å². The van der Waals surface area contributed by atoms with Gasteiger partial charge >= 0.3 is 0 Å². The van der Waals surface area contributed by atoms with Gasteiger partial charge in [-0.25, -0.2) is 15.8 Å². The zero-order valence-corrected chi connectivity index (χ0v) is 10.2. The molecule has 1 aromatic heterocycles. The first-order valence-corrected chi connectivity index (χ1v) is 6.37. The third-order valence-electron chi connectivity index (χ3n) is 2.76. The van der Waals surface area contributed by atoms with Gasteiger partial charge in [0.1, 0.15) is 18.0 Å². The molecule has 0 saturated carbocycles. The molecule has 16 heavy (non-hydrogen) atoms. The summed E-state index contributed by atoms with van der Waals surface area (Å²) in [6.45, 7) is 3.22. The van der Waals surface area contributed by atoms with Gasteiger partial charge in [-0.3, -0.25) is 0 Å². The highest BCUT2D eigenvalue weighted by molar-refractivity contribution is 8.00. The molecule has 4 N–H and O–H groups in total. The van der Waals surface area contributed by atoms with E-state index in [2.05, 4.69) is 27.6 Å². The molecule has 88 valence electrons. The number of anilines is 2. The summed E-state index contributed by atoms with van der Waals surface area (Å²) in [4.78, 5) is 8.11. The largest absolute Gasteiger partial charge is 0.369 e. The van der Waals surface area contributed by atoms with Crippen LogP contribution >= 0.6 is 11.8 Å². The maximum atomic E-state index is 5.29. The van der Waals surface area contributed by atoms with Crippen molar-refractivity contribution in [2.24, 2.45) is 5.84 Å². The van der Waals surface area contributed by atoms with Crippen LogP contribution in [0.4, 0.5) is 11.6 Å². The van der Waals surface area contributed by atoms with Crippen LogP contribution in [-0.2, 0) is 0 Å². The standard InChI is InChI=1S/C10H17N5S/c1-10(3-2-4-16-10)6-12-8-5-9(15-11)14-7-13-8/h5,7H,2-4,6,11H2,1H3,(H2,12,13,14,15). The topological polar surface area (TPSA) is 75.9 Å². The average molecular weight is 239 g/mol. The second kappa shape index (κ2) is 4.88. The monoisotopic (exact) mass is 239 g/mol. The van der Waals surface area contributed by atoms with Gasteiger partial charge in [-0.2, -0.15) is 11.8 Å². The summed E-state index contributed by atoms with van der Waals surface area (Å²) in [5.41, 5.74) is 2.51. The smallest absolute Gasteiger partial charge is 0.145 e. The van der Waals surface area contributed by atoms with Gasteiger partial charge in [-0.05, 0) is 25.5 Å². The average Bonchev–Trinajstić information content (AvgIpc) is 2.75. The number of hydrogen-bond acceptors (Lipinski definition) is 6. The normalized spacial score (nSPS) is 24.4. The summed E-state index contributed by atoms with van der Waals surface area (Å²) in [5.74, 6) is 8.00. The van der Waals surface area contributed by atoms with E-state index in [-0.39, 0.29) is 0 Å². The Balaban J connectivity index is 1.93. The van der Waals surface area contributed by atoms with Crippen LogP contribution < -0.4 is 16.6 Å². The van der Waals surface area contributed by atoms with Crippen molar-refractivity contribution in [1.82, 2.24) is 9.97 Å². The van der Waals surface area contributed by atoms with Gasteiger partial charge in [-0.15, -0.1) is 0 Å². The molecule has 1 unspecified atom stereocenters. The summed E-state index contributed by atoms with van der Waals surface area (Å²) in [7, 11) is 0. The highest BCUT2D eigenvalue weighted by Gasteiger charge is 2.29. The van der Waals surface area contributed by atoms with E-state index >= 15 is 0 Å². The van der Waals surface area contributed by atoms with Gasteiger partial charge in [-0.1, -0.05) is 0 Å². The SMILES string of the molecule is CC1(CNc2cc(NN)ncn2)CCCS1. The Kier molecular flexibility index (Phi) is 3.50. The predicted octanol–water partition coefficient (Wildman–Crippen LogP) is 1.46. The molecule has 1 aliphatic rings. The first-order chi connectivity index (χ1) is 7.72. The van der Waals surface area contributed by atoms with Gasteiger partial charge in [0.25, 0.3) is 0 Å². The van der Waals surface area contributed by atoms with Gasteiger partial charge in [0, 0.05) is 17.4 Å². The van der Waals surface area contributed by atoms with E-state index in [1.807, 2.05) is 17.8 Å². The minimum absolute atomic E-state index is 0.335. The summed E-state index contributed by atoms with van der Waals surface area (Å²) >= 11 is 2.03. The van der Waals surface area contributed by atoms with Gasteiger partial charge in [0.2, 0.25) is 0 Å². The number of aromatic nitrogens is 2. The zero-order valence-electron chi connectivity index (χ0n) is 9.36. The summed E-state index contributed by atoms with van der Waals surface area (Å²) in [6.07, 6.45) is 4.07. The van der Waals surface area contributed by atoms with Gasteiger partial charge in [0.15, 0.2) is 0 Å². The molecule has 0 bridgehead atoms. The molecule has 1 aliphatic heterocycles. The summed E-state index contributed by atoms with van der Waals surface area (Å²) in [5, 5.41) is 3.33. The third-order valence-corrected chi connectivity index (χ3v) is 4.30. The van der Waals surface area contributed by atoms with Crippen LogP contribution in [0, 0.1) is 0 Å². The van der Waals surface area contributed by atoms with Crippen molar-refractivity contribution in [3.63, 3.8) is 0 Å². The summed E-state index contributed by atoms with van der Waals surface area (Å²) in [6, 6.07) is 1.81. The van der Waals surface area contributed by atoms with Crippen LogP contribution in [0.5, 0.6) is 0 Å². The minimum Gasteiger partial charge on any atom is -0.369 e. The van der Waals surface area contributed by atoms with Gasteiger partial charge < -0.3 is 10.7 Å². The van der Waals surface area contributed by atoms with E-state index in [1.165, 1.54) is 24.9 Å². The van der Waals surface area contributed by atoms with Crippen LogP contribution in [0.25, 0.3) is 0 Å². The van der Waals surface area contributed by atoms with E-state index in [0.29, 0.717) is 10.6 Å². The van der Waals surface area contributed by atoms with E-state index < -0.39 is 0 Å². The third kappa shape index (κ3) is 2.76. The van der Waals surface area contributed by atoms with Crippen molar-refractivity contribution < 1.29 is 0 Å². The molecular formula is C10H17N5S. The molecule has 1 saturated heterocycles. The van der Waals surface area contributed by atoms with E-state index in [9.17, 15) is 0 Å². The Morgan fingerprint density at radius 3 is 3.00 bits per heavy atom. The molecule has 0 aliphatic carbocycles. The number of thioether (sulfide) groups is 1. The van der Waals surface area contributed by atoms with Crippen LogP contribution in [0.1, 0.15) is 19.8 Å². The number of hydrogen-bond donors (Lipinski definition) is 3. The number of rotatable bonds is 4.